The van der Waals surface area contributed by atoms with Crippen molar-refractivity contribution in [1.29, 1.82) is 0 Å². The summed E-state index contributed by atoms with van der Waals surface area (Å²) < 4.78 is 29.1. The summed E-state index contributed by atoms with van der Waals surface area (Å²) in [4.78, 5) is 0.238. The number of hydrogen-bond acceptors (Lipinski definition) is 3. The summed E-state index contributed by atoms with van der Waals surface area (Å²) in [6, 6.07) is 5.09. The van der Waals surface area contributed by atoms with E-state index in [1.807, 2.05) is 0 Å². The minimum Gasteiger partial charge on any atom is -0.329 e. The highest BCUT2D eigenvalue weighted by atomic mass is 79.9. The number of sulfonamides is 1. The molecule has 0 aromatic heterocycles. The van der Waals surface area contributed by atoms with E-state index in [4.69, 9.17) is 5.73 Å². The van der Waals surface area contributed by atoms with Crippen molar-refractivity contribution in [3.63, 3.8) is 0 Å². The lowest BCUT2D eigenvalue weighted by atomic mass is 10.0. The Morgan fingerprint density at radius 2 is 1.89 bits per heavy atom. The van der Waals surface area contributed by atoms with Crippen LogP contribution < -0.4 is 10.5 Å². The lowest BCUT2D eigenvalue weighted by molar-refractivity contribution is 0.399. The summed E-state index contributed by atoms with van der Waals surface area (Å²) in [5, 5.41) is 0. The second-order valence-electron chi connectivity index (χ2n) is 4.87. The van der Waals surface area contributed by atoms with Gasteiger partial charge in [0.15, 0.2) is 0 Å². The van der Waals surface area contributed by atoms with E-state index in [1.54, 1.807) is 18.2 Å². The SMILES string of the molecule is NCC1(NS(=O)(=O)c2cc(Br)ccc2Br)CCCC1. The van der Waals surface area contributed by atoms with Crippen LogP contribution in [0, 0.1) is 0 Å². The average molecular weight is 412 g/mol. The van der Waals surface area contributed by atoms with Crippen molar-refractivity contribution in [1.82, 2.24) is 4.72 Å². The number of rotatable bonds is 4. The molecule has 106 valence electrons. The lowest BCUT2D eigenvalue weighted by Gasteiger charge is -2.28. The van der Waals surface area contributed by atoms with E-state index in [1.165, 1.54) is 0 Å². The Balaban J connectivity index is 2.34. The van der Waals surface area contributed by atoms with Crippen LogP contribution in [0.3, 0.4) is 0 Å². The van der Waals surface area contributed by atoms with Crippen molar-refractivity contribution in [2.75, 3.05) is 6.54 Å². The number of hydrogen-bond donors (Lipinski definition) is 2. The van der Waals surface area contributed by atoms with E-state index in [2.05, 4.69) is 36.6 Å². The molecule has 1 aliphatic rings. The van der Waals surface area contributed by atoms with Crippen LogP contribution in [-0.2, 0) is 10.0 Å². The third-order valence-electron chi connectivity index (χ3n) is 3.49. The zero-order chi connectivity index (χ0) is 14.1. The Labute approximate surface area is 130 Å². The predicted octanol–water partition coefficient (Wildman–Crippen LogP) is 2.76. The smallest absolute Gasteiger partial charge is 0.242 e. The molecule has 0 atom stereocenters. The van der Waals surface area contributed by atoms with Gasteiger partial charge in [-0.05, 0) is 47.0 Å². The first-order valence-electron chi connectivity index (χ1n) is 6.08. The summed E-state index contributed by atoms with van der Waals surface area (Å²) in [5.41, 5.74) is 5.29. The fourth-order valence-corrected chi connectivity index (χ4v) is 5.40. The molecule has 1 aliphatic carbocycles. The van der Waals surface area contributed by atoms with E-state index in [-0.39, 0.29) is 4.90 Å². The Hall–Kier alpha value is 0.0500. The normalized spacial score (nSPS) is 18.7. The summed E-state index contributed by atoms with van der Waals surface area (Å²) in [6.07, 6.45) is 3.63. The van der Waals surface area contributed by atoms with Crippen LogP contribution in [0.4, 0.5) is 0 Å². The summed E-state index contributed by atoms with van der Waals surface area (Å²) in [5.74, 6) is 0. The molecule has 7 heteroatoms. The van der Waals surface area contributed by atoms with Crippen LogP contribution in [0.1, 0.15) is 25.7 Å². The van der Waals surface area contributed by atoms with Crippen LogP contribution in [0.15, 0.2) is 32.0 Å². The van der Waals surface area contributed by atoms with E-state index in [0.29, 0.717) is 11.0 Å². The predicted molar refractivity (Wildman–Crippen MR) is 82.4 cm³/mol. The molecule has 0 unspecified atom stereocenters. The monoisotopic (exact) mass is 410 g/mol. The molecule has 0 saturated heterocycles. The maximum absolute atomic E-state index is 12.5. The Morgan fingerprint density at radius 3 is 2.47 bits per heavy atom. The van der Waals surface area contributed by atoms with E-state index >= 15 is 0 Å². The molecule has 2 rings (SSSR count). The summed E-state index contributed by atoms with van der Waals surface area (Å²) >= 11 is 6.58. The lowest BCUT2D eigenvalue weighted by Crippen LogP contribution is -2.51. The van der Waals surface area contributed by atoms with Crippen LogP contribution in [0.2, 0.25) is 0 Å². The molecular formula is C12H16Br2N2O2S. The van der Waals surface area contributed by atoms with Gasteiger partial charge in [-0.3, -0.25) is 0 Å². The topological polar surface area (TPSA) is 72.2 Å². The van der Waals surface area contributed by atoms with Crippen molar-refractivity contribution in [2.24, 2.45) is 5.73 Å². The van der Waals surface area contributed by atoms with Gasteiger partial charge in [-0.2, -0.15) is 0 Å². The quantitative estimate of drug-likeness (QED) is 0.799. The molecule has 1 aromatic rings. The van der Waals surface area contributed by atoms with Crippen molar-refractivity contribution in [2.45, 2.75) is 36.1 Å². The van der Waals surface area contributed by atoms with Crippen molar-refractivity contribution < 1.29 is 8.42 Å². The van der Waals surface area contributed by atoms with Crippen molar-refractivity contribution >= 4 is 41.9 Å². The van der Waals surface area contributed by atoms with Gasteiger partial charge in [-0.1, -0.05) is 28.8 Å². The molecule has 19 heavy (non-hydrogen) atoms. The fraction of sp³-hybridized carbons (Fsp3) is 0.500. The maximum Gasteiger partial charge on any atom is 0.242 e. The number of nitrogens with two attached hydrogens (primary N) is 1. The zero-order valence-electron chi connectivity index (χ0n) is 10.3. The first-order valence-corrected chi connectivity index (χ1v) is 9.15. The molecule has 0 amide bonds. The molecule has 4 nitrogen and oxygen atoms in total. The fourth-order valence-electron chi connectivity index (χ4n) is 2.42. The standard InChI is InChI=1S/C12H16Br2N2O2S/c13-9-3-4-10(14)11(7-9)19(17,18)16-12(8-15)5-1-2-6-12/h3-4,7,16H,1-2,5-6,8,15H2. The van der Waals surface area contributed by atoms with E-state index in [9.17, 15) is 8.42 Å². The zero-order valence-corrected chi connectivity index (χ0v) is 14.3. The van der Waals surface area contributed by atoms with Gasteiger partial charge in [0.2, 0.25) is 10.0 Å². The van der Waals surface area contributed by atoms with Crippen molar-refractivity contribution in [3.05, 3.63) is 27.1 Å². The van der Waals surface area contributed by atoms with Gasteiger partial charge >= 0.3 is 0 Å². The number of halogens is 2. The molecule has 0 bridgehead atoms. The second kappa shape index (κ2) is 5.81. The Morgan fingerprint density at radius 1 is 1.26 bits per heavy atom. The number of nitrogens with one attached hydrogen (secondary N) is 1. The van der Waals surface area contributed by atoms with Gasteiger partial charge in [-0.15, -0.1) is 0 Å². The Kier molecular flexibility index (Phi) is 4.72. The molecule has 0 aliphatic heterocycles. The molecule has 0 heterocycles. The Bertz CT molecular complexity index is 569. The summed E-state index contributed by atoms with van der Waals surface area (Å²) in [7, 11) is -3.57. The second-order valence-corrected chi connectivity index (χ2v) is 8.29. The first-order chi connectivity index (χ1) is 8.88. The van der Waals surface area contributed by atoms with Gasteiger partial charge < -0.3 is 5.73 Å². The number of benzene rings is 1. The molecule has 1 aromatic carbocycles. The molecule has 3 N–H and O–H groups in total. The minimum absolute atomic E-state index is 0.238. The average Bonchev–Trinajstić information content (AvgIpc) is 2.80. The van der Waals surface area contributed by atoms with Gasteiger partial charge in [0, 0.05) is 21.0 Å². The van der Waals surface area contributed by atoms with Crippen LogP contribution >= 0.6 is 31.9 Å². The highest BCUT2D eigenvalue weighted by Crippen LogP contribution is 2.32. The largest absolute Gasteiger partial charge is 0.329 e. The van der Waals surface area contributed by atoms with Crippen LogP contribution in [0.5, 0.6) is 0 Å². The maximum atomic E-state index is 12.5. The van der Waals surface area contributed by atoms with E-state index < -0.39 is 15.6 Å². The van der Waals surface area contributed by atoms with E-state index in [0.717, 1.165) is 30.2 Å². The molecule has 0 radical (unpaired) electrons. The van der Waals surface area contributed by atoms with Gasteiger partial charge in [-0.25, -0.2) is 13.1 Å². The van der Waals surface area contributed by atoms with Gasteiger partial charge in [0.1, 0.15) is 0 Å². The van der Waals surface area contributed by atoms with Crippen LogP contribution in [-0.4, -0.2) is 20.5 Å². The molecule has 1 saturated carbocycles. The van der Waals surface area contributed by atoms with Crippen molar-refractivity contribution in [3.8, 4) is 0 Å². The molecule has 0 spiro atoms. The molecular weight excluding hydrogens is 396 g/mol. The highest BCUT2D eigenvalue weighted by molar-refractivity contribution is 9.11. The first kappa shape index (κ1) is 15.4. The van der Waals surface area contributed by atoms with Gasteiger partial charge in [0.25, 0.3) is 0 Å². The highest BCUT2D eigenvalue weighted by Gasteiger charge is 2.37. The van der Waals surface area contributed by atoms with Crippen LogP contribution in [0.25, 0.3) is 0 Å². The third kappa shape index (κ3) is 3.39. The minimum atomic E-state index is -3.57. The van der Waals surface area contributed by atoms with Gasteiger partial charge in [0.05, 0.1) is 4.90 Å². The summed E-state index contributed by atoms with van der Waals surface area (Å²) in [6.45, 7) is 0.331. The molecule has 1 fully saturated rings. The third-order valence-corrected chi connectivity index (χ3v) is 6.55.